The van der Waals surface area contributed by atoms with Crippen molar-refractivity contribution < 1.29 is 9.47 Å². The van der Waals surface area contributed by atoms with Crippen LogP contribution in [-0.4, -0.2) is 23.8 Å². The summed E-state index contributed by atoms with van der Waals surface area (Å²) in [6, 6.07) is 5.97. The van der Waals surface area contributed by atoms with Crippen molar-refractivity contribution in [2.45, 2.75) is 6.00 Å². The fourth-order valence-corrected chi connectivity index (χ4v) is 1.71. The molecule has 0 spiro atoms. The van der Waals surface area contributed by atoms with E-state index in [1.54, 1.807) is 25.1 Å². The van der Waals surface area contributed by atoms with Crippen LogP contribution in [0, 0.1) is 0 Å². The first-order valence-corrected chi connectivity index (χ1v) is 5.62. The first-order chi connectivity index (χ1) is 8.28. The van der Waals surface area contributed by atoms with Crippen molar-refractivity contribution >= 4 is 11.6 Å². The smallest absolute Gasteiger partial charge is 0.128 e. The van der Waals surface area contributed by atoms with Gasteiger partial charge in [-0.3, -0.25) is 0 Å². The number of rotatable bonds is 4. The summed E-state index contributed by atoms with van der Waals surface area (Å²) in [5.74, 6) is 1.52. The highest BCUT2D eigenvalue weighted by Gasteiger charge is 2.10. The molecule has 4 nitrogen and oxygen atoms in total. The fraction of sp³-hybridized carbons (Fsp3) is 0.250. The van der Waals surface area contributed by atoms with Crippen LogP contribution in [0.25, 0.3) is 11.3 Å². The molecule has 0 N–H and O–H groups in total. The molecule has 0 atom stereocenters. The summed E-state index contributed by atoms with van der Waals surface area (Å²) in [4.78, 5) is 4.28. The Labute approximate surface area is 105 Å². The summed E-state index contributed by atoms with van der Waals surface area (Å²) in [5.41, 5.74) is 1.69. The zero-order chi connectivity index (χ0) is 12.3. The topological polar surface area (TPSA) is 36.3 Å². The molecule has 0 aliphatic heterocycles. The van der Waals surface area contributed by atoms with Gasteiger partial charge in [-0.25, -0.2) is 4.98 Å². The van der Waals surface area contributed by atoms with Crippen LogP contribution in [0.5, 0.6) is 11.5 Å². The van der Waals surface area contributed by atoms with E-state index in [4.69, 9.17) is 21.1 Å². The molecule has 17 heavy (non-hydrogen) atoms. The van der Waals surface area contributed by atoms with Gasteiger partial charge in [-0.2, -0.15) is 0 Å². The molecule has 0 aliphatic carbocycles. The van der Waals surface area contributed by atoms with Crippen molar-refractivity contribution in [1.82, 2.24) is 9.55 Å². The number of methoxy groups -OCH3 is 2. The van der Waals surface area contributed by atoms with Gasteiger partial charge >= 0.3 is 0 Å². The molecule has 0 saturated carbocycles. The highest BCUT2D eigenvalue weighted by atomic mass is 35.5. The molecule has 2 aromatic rings. The summed E-state index contributed by atoms with van der Waals surface area (Å²) >= 11 is 5.73. The lowest BCUT2D eigenvalue weighted by molar-refractivity contribution is 0.404. The maximum absolute atomic E-state index is 5.73. The van der Waals surface area contributed by atoms with Crippen LogP contribution >= 0.6 is 11.6 Å². The average molecular weight is 253 g/mol. The molecule has 0 saturated heterocycles. The van der Waals surface area contributed by atoms with Gasteiger partial charge in [-0.1, -0.05) is 0 Å². The number of aromatic nitrogens is 2. The average Bonchev–Trinajstić information content (AvgIpc) is 2.86. The van der Waals surface area contributed by atoms with Gasteiger partial charge in [0.15, 0.2) is 0 Å². The van der Waals surface area contributed by atoms with Crippen molar-refractivity contribution in [3.63, 3.8) is 0 Å². The minimum Gasteiger partial charge on any atom is -0.497 e. The second-order valence-corrected chi connectivity index (χ2v) is 3.70. The number of hydrogen-bond acceptors (Lipinski definition) is 3. The van der Waals surface area contributed by atoms with E-state index in [1.165, 1.54) is 0 Å². The van der Waals surface area contributed by atoms with Crippen LogP contribution < -0.4 is 9.47 Å². The summed E-state index contributed by atoms with van der Waals surface area (Å²) in [6.45, 7) is 0. The Bertz CT molecular complexity index is 511. The van der Waals surface area contributed by atoms with Crippen molar-refractivity contribution in [3.8, 4) is 22.8 Å². The Morgan fingerprint density at radius 1 is 1.29 bits per heavy atom. The number of imidazole rings is 1. The Morgan fingerprint density at radius 2 is 2.12 bits per heavy atom. The molecule has 0 aliphatic rings. The molecule has 90 valence electrons. The predicted octanol–water partition coefficient (Wildman–Crippen LogP) is 2.76. The lowest BCUT2D eigenvalue weighted by Gasteiger charge is -2.08. The van der Waals surface area contributed by atoms with Crippen LogP contribution in [0.4, 0.5) is 0 Å². The van der Waals surface area contributed by atoms with Gasteiger partial charge in [0, 0.05) is 11.8 Å². The standard InChI is InChI=1S/C12H13ClN2O2/c1-16-9-3-4-12(17-2)10(5-9)11-6-15(7-13)8-14-11/h3-6,8H,7H2,1-2H3. The van der Waals surface area contributed by atoms with Gasteiger partial charge in [-0.15, -0.1) is 11.6 Å². The quantitative estimate of drug-likeness (QED) is 0.785. The summed E-state index contributed by atoms with van der Waals surface area (Å²) in [6.07, 6.45) is 3.55. The van der Waals surface area contributed by atoms with Gasteiger partial charge in [0.25, 0.3) is 0 Å². The molecule has 0 bridgehead atoms. The van der Waals surface area contributed by atoms with Gasteiger partial charge in [0.1, 0.15) is 11.5 Å². The maximum Gasteiger partial charge on any atom is 0.128 e. The molecule has 0 unspecified atom stereocenters. The highest BCUT2D eigenvalue weighted by molar-refractivity contribution is 6.15. The molecular formula is C12H13ClN2O2. The number of halogens is 1. The van der Waals surface area contributed by atoms with Crippen LogP contribution in [0.2, 0.25) is 0 Å². The maximum atomic E-state index is 5.73. The van der Waals surface area contributed by atoms with Crippen LogP contribution in [0.1, 0.15) is 0 Å². The lowest BCUT2D eigenvalue weighted by Crippen LogP contribution is -1.90. The molecule has 1 aromatic heterocycles. The van der Waals surface area contributed by atoms with E-state index in [0.29, 0.717) is 6.00 Å². The third kappa shape index (κ3) is 2.36. The first-order valence-electron chi connectivity index (χ1n) is 5.08. The summed E-state index contributed by atoms with van der Waals surface area (Å²) in [5, 5.41) is 0. The van der Waals surface area contributed by atoms with Gasteiger partial charge in [0.05, 0.1) is 32.2 Å². The van der Waals surface area contributed by atoms with Gasteiger partial charge < -0.3 is 14.0 Å². The predicted molar refractivity (Wildman–Crippen MR) is 66.6 cm³/mol. The Morgan fingerprint density at radius 3 is 2.71 bits per heavy atom. The number of nitrogens with zero attached hydrogens (tertiary/aromatic N) is 2. The highest BCUT2D eigenvalue weighted by Crippen LogP contribution is 2.32. The number of ether oxygens (including phenoxy) is 2. The van der Waals surface area contributed by atoms with E-state index in [1.807, 2.05) is 24.4 Å². The van der Waals surface area contributed by atoms with E-state index in [-0.39, 0.29) is 0 Å². The molecule has 5 heteroatoms. The lowest BCUT2D eigenvalue weighted by atomic mass is 10.1. The minimum atomic E-state index is 0.374. The van der Waals surface area contributed by atoms with E-state index in [9.17, 15) is 0 Å². The largest absolute Gasteiger partial charge is 0.497 e. The van der Waals surface area contributed by atoms with Crippen molar-refractivity contribution in [2.75, 3.05) is 14.2 Å². The van der Waals surface area contributed by atoms with E-state index < -0.39 is 0 Å². The van der Waals surface area contributed by atoms with Crippen molar-refractivity contribution in [2.24, 2.45) is 0 Å². The zero-order valence-electron chi connectivity index (χ0n) is 9.68. The number of alkyl halides is 1. The third-order valence-corrected chi connectivity index (χ3v) is 2.73. The van der Waals surface area contributed by atoms with Crippen LogP contribution in [0.3, 0.4) is 0 Å². The molecule has 0 radical (unpaired) electrons. The monoisotopic (exact) mass is 252 g/mol. The molecular weight excluding hydrogens is 240 g/mol. The Kier molecular flexibility index (Phi) is 3.54. The summed E-state index contributed by atoms with van der Waals surface area (Å²) in [7, 11) is 3.26. The van der Waals surface area contributed by atoms with Gasteiger partial charge in [0.2, 0.25) is 0 Å². The SMILES string of the molecule is COc1ccc(OC)c(-c2cn(CCl)cn2)c1. The molecule has 0 fully saturated rings. The van der Waals surface area contributed by atoms with E-state index >= 15 is 0 Å². The molecule has 2 rings (SSSR count). The fourth-order valence-electron chi connectivity index (χ4n) is 1.58. The number of benzene rings is 1. The number of hydrogen-bond donors (Lipinski definition) is 0. The van der Waals surface area contributed by atoms with E-state index in [0.717, 1.165) is 22.8 Å². The summed E-state index contributed by atoms with van der Waals surface area (Å²) < 4.78 is 12.3. The molecule has 1 aromatic carbocycles. The zero-order valence-corrected chi connectivity index (χ0v) is 10.4. The van der Waals surface area contributed by atoms with Crippen LogP contribution in [0.15, 0.2) is 30.7 Å². The normalized spacial score (nSPS) is 10.3. The second kappa shape index (κ2) is 5.10. The van der Waals surface area contributed by atoms with Crippen molar-refractivity contribution in [3.05, 3.63) is 30.7 Å². The first kappa shape index (κ1) is 11.8. The van der Waals surface area contributed by atoms with E-state index in [2.05, 4.69) is 4.98 Å². The third-order valence-electron chi connectivity index (χ3n) is 2.45. The Balaban J connectivity index is 2.47. The Hall–Kier alpha value is -1.68. The van der Waals surface area contributed by atoms with Gasteiger partial charge in [-0.05, 0) is 18.2 Å². The molecule has 1 heterocycles. The second-order valence-electron chi connectivity index (χ2n) is 3.46. The molecule has 0 amide bonds. The van der Waals surface area contributed by atoms with Crippen molar-refractivity contribution in [1.29, 1.82) is 0 Å². The van der Waals surface area contributed by atoms with Crippen LogP contribution in [-0.2, 0) is 6.00 Å². The minimum absolute atomic E-state index is 0.374.